The largest absolute Gasteiger partial charge is 0.339 e. The zero-order valence-corrected chi connectivity index (χ0v) is 11.3. The van der Waals surface area contributed by atoms with Gasteiger partial charge in [-0.3, -0.25) is 0 Å². The average Bonchev–Trinajstić information content (AvgIpc) is 2.52. The van der Waals surface area contributed by atoms with Crippen LogP contribution in [-0.4, -0.2) is 15.2 Å². The van der Waals surface area contributed by atoms with Crippen LogP contribution in [0.3, 0.4) is 0 Å². The second-order valence-electron chi connectivity index (χ2n) is 4.40. The van der Waals surface area contributed by atoms with Gasteiger partial charge in [0.25, 0.3) is 0 Å². The van der Waals surface area contributed by atoms with Crippen molar-refractivity contribution in [1.82, 2.24) is 15.2 Å². The van der Waals surface area contributed by atoms with Crippen molar-refractivity contribution in [1.29, 1.82) is 0 Å². The molecule has 1 aromatic heterocycles. The molecule has 0 fully saturated rings. The minimum atomic E-state index is -0.414. The van der Waals surface area contributed by atoms with Crippen molar-refractivity contribution in [2.24, 2.45) is 0 Å². The second-order valence-corrected chi connectivity index (χ2v) is 4.40. The summed E-state index contributed by atoms with van der Waals surface area (Å²) in [6, 6.07) is 12.0. The molecule has 2 N–H and O–H groups in total. The average molecular weight is 299 g/mol. The van der Waals surface area contributed by atoms with Gasteiger partial charge in [0.2, 0.25) is 5.95 Å². The highest BCUT2D eigenvalue weighted by Crippen LogP contribution is 2.18. The van der Waals surface area contributed by atoms with Crippen LogP contribution in [0.25, 0.3) is 0 Å². The summed E-state index contributed by atoms with van der Waals surface area (Å²) in [6.45, 7) is 0. The molecule has 0 amide bonds. The fourth-order valence-electron chi connectivity index (χ4n) is 1.78. The molecule has 22 heavy (non-hydrogen) atoms. The maximum atomic E-state index is 13.6. The first-order valence-corrected chi connectivity index (χ1v) is 6.44. The number of rotatable bonds is 4. The number of para-hydroxylation sites is 1. The molecule has 0 aliphatic carbocycles. The van der Waals surface area contributed by atoms with Crippen LogP contribution < -0.4 is 10.6 Å². The third-order valence-corrected chi connectivity index (χ3v) is 2.80. The van der Waals surface area contributed by atoms with Gasteiger partial charge in [0.05, 0.1) is 11.9 Å². The molecule has 110 valence electrons. The van der Waals surface area contributed by atoms with Gasteiger partial charge in [0, 0.05) is 5.69 Å². The Morgan fingerprint density at radius 3 is 2.41 bits per heavy atom. The monoisotopic (exact) mass is 299 g/mol. The van der Waals surface area contributed by atoms with E-state index < -0.39 is 5.82 Å². The molecule has 0 saturated heterocycles. The first-order chi connectivity index (χ1) is 10.7. The maximum absolute atomic E-state index is 13.6. The lowest BCUT2D eigenvalue weighted by atomic mass is 10.3. The van der Waals surface area contributed by atoms with E-state index in [0.717, 1.165) is 0 Å². The molecular weight excluding hydrogens is 288 g/mol. The number of aromatic nitrogens is 3. The summed E-state index contributed by atoms with van der Waals surface area (Å²) in [5.74, 6) is -0.186. The predicted molar refractivity (Wildman–Crippen MR) is 79.2 cm³/mol. The molecule has 0 atom stereocenters. The molecule has 0 bridgehead atoms. The normalized spacial score (nSPS) is 10.3. The summed E-state index contributed by atoms with van der Waals surface area (Å²) in [4.78, 5) is 4.17. The lowest BCUT2D eigenvalue weighted by Crippen LogP contribution is -2.03. The Labute approximate surface area is 125 Å². The number of nitrogens with one attached hydrogen (secondary N) is 2. The molecule has 0 radical (unpaired) electrons. The highest BCUT2D eigenvalue weighted by Gasteiger charge is 2.05. The van der Waals surface area contributed by atoms with Gasteiger partial charge >= 0.3 is 0 Å². The maximum Gasteiger partial charge on any atom is 0.249 e. The van der Waals surface area contributed by atoms with Gasteiger partial charge in [-0.1, -0.05) is 12.1 Å². The topological polar surface area (TPSA) is 62.7 Å². The van der Waals surface area contributed by atoms with E-state index in [1.165, 1.54) is 24.4 Å². The van der Waals surface area contributed by atoms with Crippen LogP contribution in [0, 0.1) is 11.6 Å². The van der Waals surface area contributed by atoms with E-state index in [2.05, 4.69) is 25.8 Å². The molecule has 0 aliphatic heterocycles. The van der Waals surface area contributed by atoms with E-state index in [4.69, 9.17) is 0 Å². The summed E-state index contributed by atoms with van der Waals surface area (Å²) < 4.78 is 26.4. The van der Waals surface area contributed by atoms with Crippen LogP contribution in [0.15, 0.2) is 54.7 Å². The van der Waals surface area contributed by atoms with E-state index in [1.54, 1.807) is 30.3 Å². The first kappa shape index (κ1) is 13.9. The summed E-state index contributed by atoms with van der Waals surface area (Å²) in [5, 5.41) is 13.3. The van der Waals surface area contributed by atoms with E-state index in [0.29, 0.717) is 11.5 Å². The van der Waals surface area contributed by atoms with Crippen molar-refractivity contribution in [2.75, 3.05) is 10.6 Å². The fraction of sp³-hybridized carbons (Fsp3) is 0. The Hall–Kier alpha value is -3.09. The molecular formula is C15H11F2N5. The van der Waals surface area contributed by atoms with Gasteiger partial charge in [-0.05, 0) is 36.4 Å². The van der Waals surface area contributed by atoms with Crippen LogP contribution in [0.2, 0.25) is 0 Å². The van der Waals surface area contributed by atoms with Gasteiger partial charge in [0.1, 0.15) is 11.6 Å². The second kappa shape index (κ2) is 6.13. The Balaban J connectivity index is 1.78. The van der Waals surface area contributed by atoms with E-state index >= 15 is 0 Å². The highest BCUT2D eigenvalue weighted by molar-refractivity contribution is 5.58. The molecule has 0 spiro atoms. The summed E-state index contributed by atoms with van der Waals surface area (Å²) in [7, 11) is 0. The lowest BCUT2D eigenvalue weighted by Gasteiger charge is -2.08. The van der Waals surface area contributed by atoms with Gasteiger partial charge in [-0.2, -0.15) is 10.1 Å². The van der Waals surface area contributed by atoms with E-state index in [1.807, 2.05) is 0 Å². The van der Waals surface area contributed by atoms with Crippen LogP contribution in [-0.2, 0) is 0 Å². The number of benzene rings is 2. The third kappa shape index (κ3) is 3.32. The van der Waals surface area contributed by atoms with Crippen molar-refractivity contribution in [3.05, 3.63) is 66.4 Å². The first-order valence-electron chi connectivity index (χ1n) is 6.44. The van der Waals surface area contributed by atoms with E-state index in [9.17, 15) is 8.78 Å². The van der Waals surface area contributed by atoms with Gasteiger partial charge < -0.3 is 10.6 Å². The Morgan fingerprint density at radius 2 is 1.64 bits per heavy atom. The molecule has 0 saturated carbocycles. The van der Waals surface area contributed by atoms with Gasteiger partial charge in [-0.15, -0.1) is 5.10 Å². The SMILES string of the molecule is Fc1ccc(Nc2cnnc(Nc3ccccc3F)n2)cc1. The molecule has 7 heteroatoms. The molecule has 0 aliphatic rings. The molecule has 1 heterocycles. The van der Waals surface area contributed by atoms with E-state index in [-0.39, 0.29) is 17.5 Å². The van der Waals surface area contributed by atoms with Crippen molar-refractivity contribution in [3.63, 3.8) is 0 Å². The number of halogens is 2. The Bertz CT molecular complexity index is 777. The van der Waals surface area contributed by atoms with Crippen molar-refractivity contribution in [2.45, 2.75) is 0 Å². The number of hydrogen-bond donors (Lipinski definition) is 2. The predicted octanol–water partition coefficient (Wildman–Crippen LogP) is 3.64. The molecule has 3 aromatic rings. The molecule has 0 unspecified atom stereocenters. The standard InChI is InChI=1S/C15H11F2N5/c16-10-5-7-11(8-6-10)19-14-9-18-22-15(21-14)20-13-4-2-1-3-12(13)17/h1-9H,(H2,19,20,21,22). The summed E-state index contributed by atoms with van der Waals surface area (Å²) in [5.41, 5.74) is 0.905. The van der Waals surface area contributed by atoms with Crippen molar-refractivity contribution in [3.8, 4) is 0 Å². The smallest absolute Gasteiger partial charge is 0.249 e. The number of hydrogen-bond acceptors (Lipinski definition) is 5. The van der Waals surface area contributed by atoms with Crippen LogP contribution in [0.4, 0.5) is 31.9 Å². The fourth-order valence-corrected chi connectivity index (χ4v) is 1.78. The number of anilines is 4. The summed E-state index contributed by atoms with van der Waals surface area (Å²) in [6.07, 6.45) is 1.41. The van der Waals surface area contributed by atoms with Gasteiger partial charge in [0.15, 0.2) is 5.82 Å². The minimum absolute atomic E-state index is 0.150. The van der Waals surface area contributed by atoms with Crippen LogP contribution in [0.1, 0.15) is 0 Å². The van der Waals surface area contributed by atoms with Crippen LogP contribution in [0.5, 0.6) is 0 Å². The quantitative estimate of drug-likeness (QED) is 0.770. The molecule has 5 nitrogen and oxygen atoms in total. The van der Waals surface area contributed by atoms with Crippen molar-refractivity contribution >= 4 is 23.1 Å². The molecule has 3 rings (SSSR count). The molecule has 2 aromatic carbocycles. The zero-order valence-electron chi connectivity index (χ0n) is 11.3. The summed E-state index contributed by atoms with van der Waals surface area (Å²) >= 11 is 0. The van der Waals surface area contributed by atoms with Gasteiger partial charge in [-0.25, -0.2) is 8.78 Å². The van der Waals surface area contributed by atoms with Crippen molar-refractivity contribution < 1.29 is 8.78 Å². The minimum Gasteiger partial charge on any atom is -0.339 e. The number of nitrogens with zero attached hydrogens (tertiary/aromatic N) is 3. The lowest BCUT2D eigenvalue weighted by molar-refractivity contribution is 0.628. The Kier molecular flexibility index (Phi) is 3.86. The zero-order chi connectivity index (χ0) is 15.4. The highest BCUT2D eigenvalue weighted by atomic mass is 19.1. The third-order valence-electron chi connectivity index (χ3n) is 2.80. The Morgan fingerprint density at radius 1 is 0.864 bits per heavy atom. The van der Waals surface area contributed by atoms with Crippen LogP contribution >= 0.6 is 0 Å².